The Hall–Kier alpha value is -3.29. The second-order valence-corrected chi connectivity index (χ2v) is 9.73. The van der Waals surface area contributed by atoms with Crippen LogP contribution in [0.5, 0.6) is 0 Å². The van der Waals surface area contributed by atoms with E-state index in [1.807, 2.05) is 36.1 Å². The van der Waals surface area contributed by atoms with E-state index in [0.29, 0.717) is 11.1 Å². The average molecular weight is 449 g/mol. The lowest BCUT2D eigenvalue weighted by Crippen LogP contribution is -2.35. The van der Waals surface area contributed by atoms with Gasteiger partial charge in [-0.15, -0.1) is 0 Å². The number of nitrogens with zero attached hydrogens (tertiary/aromatic N) is 1. The maximum Gasteiger partial charge on any atom is 0.258 e. The van der Waals surface area contributed by atoms with E-state index < -0.39 is 10.0 Å². The number of amides is 1. The van der Waals surface area contributed by atoms with Crippen LogP contribution in [0.4, 0.5) is 5.69 Å². The lowest BCUT2D eigenvalue weighted by Gasteiger charge is -2.23. The van der Waals surface area contributed by atoms with Crippen LogP contribution in [0, 0.1) is 0 Å². The minimum Gasteiger partial charge on any atom is -0.305 e. The summed E-state index contributed by atoms with van der Waals surface area (Å²) in [6.45, 7) is 3.55. The number of nitrogens with one attached hydrogen (secondary N) is 1. The molecule has 0 spiro atoms. The van der Waals surface area contributed by atoms with E-state index in [1.165, 1.54) is 31.2 Å². The van der Waals surface area contributed by atoms with E-state index in [0.717, 1.165) is 23.2 Å². The van der Waals surface area contributed by atoms with Crippen LogP contribution in [-0.2, 0) is 23.0 Å². The van der Waals surface area contributed by atoms with Gasteiger partial charge in [-0.25, -0.2) is 13.1 Å². The molecule has 0 saturated carbocycles. The van der Waals surface area contributed by atoms with E-state index in [1.54, 1.807) is 24.3 Å². The zero-order chi connectivity index (χ0) is 22.9. The molecule has 1 N–H and O–H groups in total. The fraction of sp³-hybridized carbons (Fsp3) is 0.200. The van der Waals surface area contributed by atoms with Gasteiger partial charge in [-0.1, -0.05) is 42.5 Å². The quantitative estimate of drug-likeness (QED) is 0.579. The van der Waals surface area contributed by atoms with Crippen LogP contribution in [0.3, 0.4) is 0 Å². The molecule has 3 aromatic rings. The zero-order valence-corrected chi connectivity index (χ0v) is 18.7. The number of carbonyl (C=O) groups excluding carboxylic acids is 2. The van der Waals surface area contributed by atoms with Gasteiger partial charge in [-0.2, -0.15) is 0 Å². The minimum absolute atomic E-state index is 0.0693. The number of sulfonamides is 1. The number of carbonyl (C=O) groups is 2. The summed E-state index contributed by atoms with van der Waals surface area (Å²) in [6, 6.07) is 20.8. The number of Topliss-reactive ketones (excluding diaryl/α,β-unsaturated/α-hetero) is 1. The van der Waals surface area contributed by atoms with Crippen molar-refractivity contribution < 1.29 is 18.0 Å². The molecule has 1 amide bonds. The van der Waals surface area contributed by atoms with E-state index >= 15 is 0 Å². The molecular weight excluding hydrogens is 424 g/mol. The molecule has 0 saturated heterocycles. The molecule has 0 radical (unpaired) electrons. The molecular formula is C25H24N2O4S. The van der Waals surface area contributed by atoms with Gasteiger partial charge in [0.25, 0.3) is 5.91 Å². The Kier molecular flexibility index (Phi) is 5.95. The maximum absolute atomic E-state index is 13.1. The van der Waals surface area contributed by atoms with E-state index in [-0.39, 0.29) is 29.2 Å². The van der Waals surface area contributed by atoms with Gasteiger partial charge in [0, 0.05) is 29.4 Å². The number of hydrogen-bond donors (Lipinski definition) is 1. The third-order valence-corrected chi connectivity index (χ3v) is 7.08. The first-order valence-corrected chi connectivity index (χ1v) is 11.9. The number of fused-ring (bicyclic) bond motifs is 1. The smallest absolute Gasteiger partial charge is 0.258 e. The van der Waals surface area contributed by atoms with Gasteiger partial charge >= 0.3 is 0 Å². The zero-order valence-electron chi connectivity index (χ0n) is 17.9. The number of benzene rings is 3. The third-order valence-electron chi connectivity index (χ3n) is 5.66. The van der Waals surface area contributed by atoms with Crippen LogP contribution in [0.25, 0.3) is 0 Å². The van der Waals surface area contributed by atoms with Crippen molar-refractivity contribution >= 4 is 27.4 Å². The average Bonchev–Trinajstić information content (AvgIpc) is 3.13. The van der Waals surface area contributed by atoms with Gasteiger partial charge in [0.2, 0.25) is 10.0 Å². The van der Waals surface area contributed by atoms with Crippen LogP contribution in [0.15, 0.2) is 77.7 Å². The first-order valence-electron chi connectivity index (χ1n) is 10.4. The van der Waals surface area contributed by atoms with Gasteiger partial charge in [-0.3, -0.25) is 9.59 Å². The lowest BCUT2D eigenvalue weighted by molar-refractivity contribution is 0.0979. The summed E-state index contributed by atoms with van der Waals surface area (Å²) in [5, 5.41) is 0. The fourth-order valence-corrected chi connectivity index (χ4v) is 4.93. The van der Waals surface area contributed by atoms with Crippen molar-refractivity contribution in [1.29, 1.82) is 0 Å². The van der Waals surface area contributed by atoms with Crippen molar-refractivity contribution in [3.05, 3.63) is 95.1 Å². The molecule has 1 unspecified atom stereocenters. The lowest BCUT2D eigenvalue weighted by atomic mass is 10.1. The summed E-state index contributed by atoms with van der Waals surface area (Å²) in [6.07, 6.45) is 0.829. The monoisotopic (exact) mass is 448 g/mol. The summed E-state index contributed by atoms with van der Waals surface area (Å²) in [7, 11) is -3.72. The number of hydrogen-bond acceptors (Lipinski definition) is 4. The number of ketones is 1. The van der Waals surface area contributed by atoms with Crippen molar-refractivity contribution in [3.8, 4) is 0 Å². The molecule has 7 heteroatoms. The maximum atomic E-state index is 13.1. The Balaban J connectivity index is 1.44. The normalized spacial score (nSPS) is 15.4. The van der Waals surface area contributed by atoms with Crippen molar-refractivity contribution in [3.63, 3.8) is 0 Å². The summed E-state index contributed by atoms with van der Waals surface area (Å²) >= 11 is 0. The third kappa shape index (κ3) is 4.35. The van der Waals surface area contributed by atoms with Crippen LogP contribution >= 0.6 is 0 Å². The summed E-state index contributed by atoms with van der Waals surface area (Å²) in [4.78, 5) is 26.4. The Morgan fingerprint density at radius 1 is 0.938 bits per heavy atom. The number of rotatable bonds is 6. The Bertz CT molecular complexity index is 1270. The Morgan fingerprint density at radius 3 is 2.22 bits per heavy atom. The topological polar surface area (TPSA) is 83.5 Å². The fourth-order valence-electron chi connectivity index (χ4n) is 3.91. The molecule has 6 nitrogen and oxygen atoms in total. The van der Waals surface area contributed by atoms with Gasteiger partial charge in [-0.05, 0) is 61.7 Å². The molecule has 1 heterocycles. The Labute approximate surface area is 187 Å². The van der Waals surface area contributed by atoms with Crippen molar-refractivity contribution in [2.45, 2.75) is 37.8 Å². The second-order valence-electron chi connectivity index (χ2n) is 7.96. The molecule has 164 valence electrons. The number of para-hydroxylation sites is 1. The first kappa shape index (κ1) is 21.9. The Morgan fingerprint density at radius 2 is 1.56 bits per heavy atom. The molecule has 0 fully saturated rings. The summed E-state index contributed by atoms with van der Waals surface area (Å²) in [5.74, 6) is -0.191. The highest BCUT2D eigenvalue weighted by Crippen LogP contribution is 2.33. The van der Waals surface area contributed by atoms with E-state index in [4.69, 9.17) is 0 Å². The predicted octanol–water partition coefficient (Wildman–Crippen LogP) is 3.96. The predicted molar refractivity (Wildman–Crippen MR) is 123 cm³/mol. The molecule has 0 bridgehead atoms. The highest BCUT2D eigenvalue weighted by molar-refractivity contribution is 7.89. The summed E-state index contributed by atoms with van der Waals surface area (Å²) in [5.41, 5.74) is 3.85. The van der Waals surface area contributed by atoms with E-state index in [9.17, 15) is 18.0 Å². The second kappa shape index (κ2) is 8.68. The molecule has 3 aromatic carbocycles. The standard InChI is InChI=1S/C25H24N2O4S/c1-17-15-22-5-3-4-6-24(22)27(17)25(29)21-9-7-19(8-10-21)16-26-32(30,31)23-13-11-20(12-14-23)18(2)28/h3-14,17,26H,15-16H2,1-2H3. The molecule has 1 aliphatic rings. The highest BCUT2D eigenvalue weighted by Gasteiger charge is 2.31. The van der Waals surface area contributed by atoms with Gasteiger partial charge in [0.05, 0.1) is 4.90 Å². The SMILES string of the molecule is CC(=O)c1ccc(S(=O)(=O)NCc2ccc(C(=O)N3c4ccccc4CC3C)cc2)cc1. The van der Waals surface area contributed by atoms with Gasteiger partial charge < -0.3 is 4.90 Å². The van der Waals surface area contributed by atoms with Crippen molar-refractivity contribution in [2.24, 2.45) is 0 Å². The van der Waals surface area contributed by atoms with Crippen LogP contribution in [0.2, 0.25) is 0 Å². The molecule has 4 rings (SSSR count). The highest BCUT2D eigenvalue weighted by atomic mass is 32.2. The molecule has 0 aliphatic carbocycles. The molecule has 0 aromatic heterocycles. The number of anilines is 1. The van der Waals surface area contributed by atoms with Crippen LogP contribution < -0.4 is 9.62 Å². The van der Waals surface area contributed by atoms with Crippen LogP contribution in [-0.4, -0.2) is 26.2 Å². The van der Waals surface area contributed by atoms with Crippen molar-refractivity contribution in [2.75, 3.05) is 4.90 Å². The summed E-state index contributed by atoms with van der Waals surface area (Å²) < 4.78 is 27.6. The van der Waals surface area contributed by atoms with Crippen LogP contribution in [0.1, 0.15) is 45.7 Å². The van der Waals surface area contributed by atoms with Gasteiger partial charge in [0.1, 0.15) is 0 Å². The van der Waals surface area contributed by atoms with E-state index in [2.05, 4.69) is 4.72 Å². The van der Waals surface area contributed by atoms with Crippen molar-refractivity contribution in [1.82, 2.24) is 4.72 Å². The first-order chi connectivity index (χ1) is 15.3. The molecule has 1 aliphatic heterocycles. The molecule has 1 atom stereocenters. The minimum atomic E-state index is -3.72. The molecule has 32 heavy (non-hydrogen) atoms. The van der Waals surface area contributed by atoms with Gasteiger partial charge in [0.15, 0.2) is 5.78 Å². The largest absolute Gasteiger partial charge is 0.305 e.